The molecule has 2 rings (SSSR count). The van der Waals surface area contributed by atoms with Crippen molar-refractivity contribution in [2.24, 2.45) is 5.92 Å². The maximum atomic E-state index is 12.8. The second-order valence-electron chi connectivity index (χ2n) is 4.79. The molecule has 1 saturated carbocycles. The predicted octanol–water partition coefficient (Wildman–Crippen LogP) is 3.51. The van der Waals surface area contributed by atoms with E-state index in [4.69, 9.17) is 0 Å². The Morgan fingerprint density at radius 1 is 1.28 bits per heavy atom. The van der Waals surface area contributed by atoms with Gasteiger partial charge in [0, 0.05) is 16.9 Å². The first-order chi connectivity index (χ1) is 8.70. The zero-order valence-corrected chi connectivity index (χ0v) is 11.7. The topological polar surface area (TPSA) is 29.1 Å². The third-order valence-corrected chi connectivity index (χ3v) is 4.36. The summed E-state index contributed by atoms with van der Waals surface area (Å²) in [5.41, 5.74) is 0.523. The Morgan fingerprint density at radius 2 is 1.94 bits per heavy atom. The van der Waals surface area contributed by atoms with E-state index < -0.39 is 0 Å². The molecule has 0 aliphatic heterocycles. The summed E-state index contributed by atoms with van der Waals surface area (Å²) in [7, 11) is 0. The average molecular weight is 314 g/mol. The fourth-order valence-electron chi connectivity index (χ4n) is 2.44. The molecule has 2 nitrogen and oxygen atoms in total. The Morgan fingerprint density at radius 3 is 2.61 bits per heavy atom. The highest BCUT2D eigenvalue weighted by atomic mass is 79.9. The Bertz CT molecular complexity index is 407. The summed E-state index contributed by atoms with van der Waals surface area (Å²) < 4.78 is 12.8. The Hall–Kier alpha value is -0.900. The first-order valence-electron chi connectivity index (χ1n) is 6.33. The number of carbonyl (C=O) groups is 1. The van der Waals surface area contributed by atoms with Crippen molar-refractivity contribution >= 4 is 21.8 Å². The number of halogens is 2. The van der Waals surface area contributed by atoms with Gasteiger partial charge in [-0.15, -0.1) is 0 Å². The van der Waals surface area contributed by atoms with Crippen LogP contribution in [0.2, 0.25) is 0 Å². The summed E-state index contributed by atoms with van der Waals surface area (Å²) in [5, 5.41) is 3.98. The lowest BCUT2D eigenvalue weighted by molar-refractivity contribution is 0.0911. The van der Waals surface area contributed by atoms with E-state index in [-0.39, 0.29) is 17.8 Å². The summed E-state index contributed by atoms with van der Waals surface area (Å²) in [5.74, 6) is 0.0820. The minimum atomic E-state index is -0.317. The van der Waals surface area contributed by atoms with Crippen LogP contribution in [0, 0.1) is 11.7 Å². The fraction of sp³-hybridized carbons (Fsp3) is 0.500. The van der Waals surface area contributed by atoms with Crippen LogP contribution < -0.4 is 5.32 Å². The van der Waals surface area contributed by atoms with Crippen molar-refractivity contribution in [3.05, 3.63) is 35.6 Å². The molecule has 1 aliphatic rings. The summed E-state index contributed by atoms with van der Waals surface area (Å²) in [6, 6.07) is 5.92. The number of carbonyl (C=O) groups excluding carboxylic acids is 1. The average Bonchev–Trinajstić information content (AvgIpc) is 2.40. The second kappa shape index (κ2) is 6.32. The molecule has 0 bridgehead atoms. The molecule has 2 atom stereocenters. The highest BCUT2D eigenvalue weighted by Crippen LogP contribution is 2.26. The van der Waals surface area contributed by atoms with Crippen LogP contribution >= 0.6 is 15.9 Å². The molecule has 0 heterocycles. The van der Waals surface area contributed by atoms with Crippen LogP contribution in [-0.2, 0) is 0 Å². The summed E-state index contributed by atoms with van der Waals surface area (Å²) in [4.78, 5) is 12.0. The molecule has 1 aromatic carbocycles. The van der Waals surface area contributed by atoms with Gasteiger partial charge in [0.15, 0.2) is 0 Å². The van der Waals surface area contributed by atoms with Crippen LogP contribution in [0.1, 0.15) is 36.0 Å². The number of nitrogens with one attached hydrogen (secondary N) is 1. The number of hydrogen-bond donors (Lipinski definition) is 1. The number of alkyl halides is 1. The quantitative estimate of drug-likeness (QED) is 0.850. The molecule has 98 valence electrons. The van der Waals surface area contributed by atoms with Crippen molar-refractivity contribution in [2.75, 3.05) is 5.33 Å². The minimum absolute atomic E-state index is 0.104. The van der Waals surface area contributed by atoms with E-state index in [1.165, 1.54) is 30.7 Å². The number of benzene rings is 1. The molecule has 1 amide bonds. The van der Waals surface area contributed by atoms with Crippen LogP contribution in [0.3, 0.4) is 0 Å². The standard InChI is InChI=1S/C14H17BrFNO/c15-9-11-3-1-2-4-13(11)17-14(18)10-5-7-12(16)8-6-10/h5-8,11,13H,1-4,9H2,(H,17,18). The van der Waals surface area contributed by atoms with Gasteiger partial charge in [-0.1, -0.05) is 28.8 Å². The molecular weight excluding hydrogens is 297 g/mol. The van der Waals surface area contributed by atoms with E-state index in [9.17, 15) is 9.18 Å². The lowest BCUT2D eigenvalue weighted by Crippen LogP contribution is -2.42. The zero-order valence-electron chi connectivity index (χ0n) is 10.2. The van der Waals surface area contributed by atoms with Crippen LogP contribution in [0.25, 0.3) is 0 Å². The van der Waals surface area contributed by atoms with Gasteiger partial charge in [-0.05, 0) is 43.0 Å². The van der Waals surface area contributed by atoms with Gasteiger partial charge in [-0.25, -0.2) is 4.39 Å². The zero-order chi connectivity index (χ0) is 13.0. The molecule has 1 aromatic rings. The fourth-order valence-corrected chi connectivity index (χ4v) is 3.21. The first-order valence-corrected chi connectivity index (χ1v) is 7.45. The third-order valence-electron chi connectivity index (χ3n) is 3.53. The summed E-state index contributed by atoms with van der Waals surface area (Å²) in [6.45, 7) is 0. The lowest BCUT2D eigenvalue weighted by Gasteiger charge is -2.31. The van der Waals surface area contributed by atoms with Crippen LogP contribution in [-0.4, -0.2) is 17.3 Å². The van der Waals surface area contributed by atoms with E-state index >= 15 is 0 Å². The van der Waals surface area contributed by atoms with E-state index in [0.717, 1.165) is 24.6 Å². The smallest absolute Gasteiger partial charge is 0.251 e. The minimum Gasteiger partial charge on any atom is -0.349 e. The Balaban J connectivity index is 1.99. The summed E-state index contributed by atoms with van der Waals surface area (Å²) >= 11 is 3.51. The van der Waals surface area contributed by atoms with Gasteiger partial charge in [0.2, 0.25) is 0 Å². The normalized spacial score (nSPS) is 23.7. The van der Waals surface area contributed by atoms with Gasteiger partial charge < -0.3 is 5.32 Å². The van der Waals surface area contributed by atoms with Crippen molar-refractivity contribution in [3.63, 3.8) is 0 Å². The third kappa shape index (κ3) is 3.31. The van der Waals surface area contributed by atoms with Gasteiger partial charge in [0.05, 0.1) is 0 Å². The van der Waals surface area contributed by atoms with E-state index in [0.29, 0.717) is 11.5 Å². The van der Waals surface area contributed by atoms with Crippen molar-refractivity contribution in [1.82, 2.24) is 5.32 Å². The Kier molecular flexibility index (Phi) is 4.75. The van der Waals surface area contributed by atoms with Crippen molar-refractivity contribution in [3.8, 4) is 0 Å². The van der Waals surface area contributed by atoms with Gasteiger partial charge in [0.25, 0.3) is 5.91 Å². The monoisotopic (exact) mass is 313 g/mol. The van der Waals surface area contributed by atoms with Crippen LogP contribution in [0.4, 0.5) is 4.39 Å². The number of hydrogen-bond acceptors (Lipinski definition) is 1. The largest absolute Gasteiger partial charge is 0.349 e. The highest BCUT2D eigenvalue weighted by Gasteiger charge is 2.25. The van der Waals surface area contributed by atoms with E-state index in [1.54, 1.807) is 0 Å². The van der Waals surface area contributed by atoms with Gasteiger partial charge in [0.1, 0.15) is 5.82 Å². The van der Waals surface area contributed by atoms with E-state index in [1.807, 2.05) is 0 Å². The maximum absolute atomic E-state index is 12.8. The highest BCUT2D eigenvalue weighted by molar-refractivity contribution is 9.09. The molecule has 0 aromatic heterocycles. The van der Waals surface area contributed by atoms with Crippen LogP contribution in [0.5, 0.6) is 0 Å². The van der Waals surface area contributed by atoms with Crippen molar-refractivity contribution in [1.29, 1.82) is 0 Å². The number of rotatable bonds is 3. The first kappa shape index (κ1) is 13.5. The molecule has 0 radical (unpaired) electrons. The van der Waals surface area contributed by atoms with Gasteiger partial charge in [-0.3, -0.25) is 4.79 Å². The molecule has 18 heavy (non-hydrogen) atoms. The SMILES string of the molecule is O=C(NC1CCCCC1CBr)c1ccc(F)cc1. The molecule has 1 N–H and O–H groups in total. The van der Waals surface area contributed by atoms with Crippen LogP contribution in [0.15, 0.2) is 24.3 Å². The predicted molar refractivity (Wildman–Crippen MR) is 73.4 cm³/mol. The van der Waals surface area contributed by atoms with Gasteiger partial charge >= 0.3 is 0 Å². The van der Waals surface area contributed by atoms with E-state index in [2.05, 4.69) is 21.2 Å². The molecule has 2 unspecified atom stereocenters. The molecular formula is C14H17BrFNO. The molecule has 0 saturated heterocycles. The molecule has 1 aliphatic carbocycles. The van der Waals surface area contributed by atoms with Crippen molar-refractivity contribution < 1.29 is 9.18 Å². The summed E-state index contributed by atoms with van der Waals surface area (Å²) in [6.07, 6.45) is 4.58. The Labute approximate surface area is 115 Å². The molecule has 4 heteroatoms. The van der Waals surface area contributed by atoms with Gasteiger partial charge in [-0.2, -0.15) is 0 Å². The lowest BCUT2D eigenvalue weighted by atomic mass is 9.86. The molecule has 0 spiro atoms. The van der Waals surface area contributed by atoms with Crippen molar-refractivity contribution in [2.45, 2.75) is 31.7 Å². The molecule has 1 fully saturated rings. The number of amides is 1. The maximum Gasteiger partial charge on any atom is 0.251 e. The second-order valence-corrected chi connectivity index (χ2v) is 5.43.